The number of benzene rings is 1. The van der Waals surface area contributed by atoms with Gasteiger partial charge >= 0.3 is 113 Å². The minimum absolute atomic E-state index is 0. The zero-order valence-electron chi connectivity index (χ0n) is 11.0. The molecule has 19 heavy (non-hydrogen) atoms. The van der Waals surface area contributed by atoms with E-state index in [1.165, 1.54) is 11.1 Å². The van der Waals surface area contributed by atoms with Gasteiger partial charge in [-0.2, -0.15) is 0 Å². The number of hydrogen-bond acceptors (Lipinski definition) is 1. The maximum atomic E-state index is 2.30. The van der Waals surface area contributed by atoms with Crippen LogP contribution < -0.4 is 0 Å². The molecule has 0 heterocycles. The molecular formula is C14H19Cl3NZr. The Bertz CT molecular complexity index is 430. The van der Waals surface area contributed by atoms with Crippen LogP contribution in [0, 0.1) is 0 Å². The van der Waals surface area contributed by atoms with Gasteiger partial charge in [-0.15, -0.1) is 37.2 Å². The topological polar surface area (TPSA) is 3.24 Å². The van der Waals surface area contributed by atoms with Gasteiger partial charge in [0.15, 0.2) is 0 Å². The monoisotopic (exact) mass is 396 g/mol. The molecule has 0 N–H and O–H groups in total. The van der Waals surface area contributed by atoms with Crippen molar-refractivity contribution < 1.29 is 24.7 Å². The van der Waals surface area contributed by atoms with Gasteiger partial charge in [0, 0.05) is 0 Å². The Balaban J connectivity index is 0. The third-order valence-corrected chi connectivity index (χ3v) is 4.11. The number of halogens is 3. The van der Waals surface area contributed by atoms with Crippen LogP contribution >= 0.6 is 37.2 Å². The smallest absolute Gasteiger partial charge is 0.147 e. The minimum atomic E-state index is 0. The minimum Gasteiger partial charge on any atom is -0.147 e. The van der Waals surface area contributed by atoms with Crippen LogP contribution in [0.4, 0.5) is 0 Å². The van der Waals surface area contributed by atoms with E-state index in [9.17, 15) is 0 Å². The van der Waals surface area contributed by atoms with Crippen molar-refractivity contribution in [2.24, 2.45) is 0 Å². The van der Waals surface area contributed by atoms with Gasteiger partial charge in [0.2, 0.25) is 0 Å². The molecule has 1 aromatic rings. The second-order valence-corrected chi connectivity index (χ2v) is 5.80. The first-order chi connectivity index (χ1) is 7.70. The standard InChI is InChI=1S/C14H16N.3ClH.Zr/c1-15(2)14(13-10-6-7-11-13)12-8-4-3-5-9-12;;;;/h3-6,8-10,14H,7H2,1-2H3;3*1H;. The number of nitrogens with zero attached hydrogens (tertiary/aromatic N) is 1. The quantitative estimate of drug-likeness (QED) is 0.733. The zero-order valence-corrected chi connectivity index (χ0v) is 15.9. The summed E-state index contributed by atoms with van der Waals surface area (Å²) in [5, 5.41) is 0. The Labute approximate surface area is 149 Å². The van der Waals surface area contributed by atoms with Crippen LogP contribution in [0.15, 0.2) is 51.3 Å². The van der Waals surface area contributed by atoms with Crippen LogP contribution in [0.2, 0.25) is 0 Å². The number of likely N-dealkylation sites (N-methyl/N-ethyl adjacent to an activating group) is 1. The summed E-state index contributed by atoms with van der Waals surface area (Å²) in [6.45, 7) is 0. The predicted octanol–water partition coefficient (Wildman–Crippen LogP) is 4.32. The van der Waals surface area contributed by atoms with Gasteiger partial charge in [-0.05, 0) is 0 Å². The molecule has 0 saturated heterocycles. The maximum Gasteiger partial charge on any atom is -0.147 e. The van der Waals surface area contributed by atoms with Crippen molar-refractivity contribution in [1.82, 2.24) is 4.90 Å². The third-order valence-electron chi connectivity index (χ3n) is 2.89. The Morgan fingerprint density at radius 3 is 2.05 bits per heavy atom. The molecule has 0 saturated carbocycles. The summed E-state index contributed by atoms with van der Waals surface area (Å²) in [6.07, 6.45) is 5.71. The largest absolute Gasteiger partial charge is 0.147 e. The first-order valence-electron chi connectivity index (χ1n) is 5.52. The molecule has 0 radical (unpaired) electrons. The van der Waals surface area contributed by atoms with Crippen molar-refractivity contribution in [1.29, 1.82) is 0 Å². The molecule has 105 valence electrons. The van der Waals surface area contributed by atoms with Gasteiger partial charge in [-0.25, -0.2) is 0 Å². The summed E-state index contributed by atoms with van der Waals surface area (Å²) in [4.78, 5) is 2.30. The van der Waals surface area contributed by atoms with E-state index in [0.717, 1.165) is 6.42 Å². The van der Waals surface area contributed by atoms with E-state index in [0.29, 0.717) is 6.04 Å². The Morgan fingerprint density at radius 1 is 1.05 bits per heavy atom. The van der Waals surface area contributed by atoms with E-state index in [2.05, 4.69) is 61.5 Å². The average molecular weight is 399 g/mol. The van der Waals surface area contributed by atoms with Crippen molar-refractivity contribution in [2.75, 3.05) is 14.1 Å². The fourth-order valence-corrected chi connectivity index (χ4v) is 3.00. The molecule has 2 rings (SSSR count). The fraction of sp³-hybridized carbons (Fsp3) is 0.286. The summed E-state index contributed by atoms with van der Waals surface area (Å²) in [5.41, 5.74) is 2.88. The van der Waals surface area contributed by atoms with Crippen LogP contribution in [0.25, 0.3) is 0 Å². The summed E-state index contributed by atoms with van der Waals surface area (Å²) < 4.78 is 1.58. The summed E-state index contributed by atoms with van der Waals surface area (Å²) in [7, 11) is 4.31. The Hall–Kier alpha value is 0.413. The zero-order chi connectivity index (χ0) is 11.5. The van der Waals surface area contributed by atoms with E-state index < -0.39 is 0 Å². The van der Waals surface area contributed by atoms with Crippen molar-refractivity contribution in [3.63, 3.8) is 0 Å². The molecule has 0 bridgehead atoms. The molecule has 1 nitrogen and oxygen atoms in total. The summed E-state index contributed by atoms with van der Waals surface area (Å²) in [6, 6.07) is 11.2. The molecule has 0 fully saturated rings. The van der Waals surface area contributed by atoms with Crippen molar-refractivity contribution in [2.45, 2.75) is 12.5 Å². The Morgan fingerprint density at radius 2 is 1.63 bits per heavy atom. The van der Waals surface area contributed by atoms with Crippen LogP contribution in [0.1, 0.15) is 18.0 Å². The van der Waals surface area contributed by atoms with E-state index >= 15 is 0 Å². The first kappa shape index (κ1) is 21.7. The molecule has 1 atom stereocenters. The molecule has 1 aromatic carbocycles. The maximum absolute atomic E-state index is 2.30. The average Bonchev–Trinajstić information content (AvgIpc) is 2.66. The van der Waals surface area contributed by atoms with Gasteiger partial charge in [0.1, 0.15) is 0 Å². The van der Waals surface area contributed by atoms with Crippen molar-refractivity contribution in [3.05, 3.63) is 56.9 Å². The van der Waals surface area contributed by atoms with Crippen molar-refractivity contribution >= 4 is 37.2 Å². The second kappa shape index (κ2) is 10.2. The molecule has 5 heteroatoms. The number of hydrogen-bond donors (Lipinski definition) is 0. The first-order valence-corrected chi connectivity index (χ1v) is 6.75. The van der Waals surface area contributed by atoms with E-state index in [1.54, 1.807) is 28.0 Å². The van der Waals surface area contributed by atoms with Gasteiger partial charge in [0.05, 0.1) is 0 Å². The van der Waals surface area contributed by atoms with Gasteiger partial charge in [0.25, 0.3) is 0 Å². The van der Waals surface area contributed by atoms with Gasteiger partial charge < -0.3 is 0 Å². The predicted molar refractivity (Wildman–Crippen MR) is 85.4 cm³/mol. The summed E-state index contributed by atoms with van der Waals surface area (Å²) >= 11 is 1.54. The molecule has 1 unspecified atom stereocenters. The Kier molecular flexibility index (Phi) is 11.6. The van der Waals surface area contributed by atoms with Crippen LogP contribution in [0.5, 0.6) is 0 Å². The van der Waals surface area contributed by atoms with E-state index in [1.807, 2.05) is 0 Å². The van der Waals surface area contributed by atoms with Crippen LogP contribution in [-0.4, -0.2) is 19.0 Å². The molecule has 0 spiro atoms. The van der Waals surface area contributed by atoms with Crippen LogP contribution in [0.3, 0.4) is 0 Å². The van der Waals surface area contributed by atoms with Gasteiger partial charge in [-0.3, -0.25) is 0 Å². The number of rotatable bonds is 3. The van der Waals surface area contributed by atoms with Crippen LogP contribution in [-0.2, 0) is 24.7 Å². The number of allylic oxidation sites excluding steroid dienone is 2. The second-order valence-electron chi connectivity index (χ2n) is 4.32. The molecule has 1 aliphatic carbocycles. The molecule has 0 aliphatic heterocycles. The fourth-order valence-electron chi connectivity index (χ4n) is 2.17. The SMILES string of the molecule is CN(C)C(C1=[C]([Zr])CC=C1)c1ccccc1.Cl.Cl.Cl. The third kappa shape index (κ3) is 5.36. The van der Waals surface area contributed by atoms with Gasteiger partial charge in [-0.1, -0.05) is 0 Å². The van der Waals surface area contributed by atoms with E-state index in [-0.39, 0.29) is 37.2 Å². The molecule has 0 aromatic heterocycles. The molecule has 1 aliphatic rings. The molecular weight excluding hydrogens is 380 g/mol. The normalized spacial score (nSPS) is 14.4. The summed E-state index contributed by atoms with van der Waals surface area (Å²) in [5.74, 6) is 0. The van der Waals surface area contributed by atoms with E-state index in [4.69, 9.17) is 0 Å². The van der Waals surface area contributed by atoms with Crippen molar-refractivity contribution in [3.8, 4) is 0 Å². The molecule has 0 amide bonds.